The second-order valence-corrected chi connectivity index (χ2v) is 5.39. The molecule has 1 aliphatic carbocycles. The van der Waals surface area contributed by atoms with Crippen molar-refractivity contribution in [2.24, 2.45) is 11.8 Å². The molecule has 0 atom stereocenters. The van der Waals surface area contributed by atoms with Crippen molar-refractivity contribution >= 4 is 12.0 Å². The minimum absolute atomic E-state index is 0. The second-order valence-electron chi connectivity index (χ2n) is 5.39. The number of hydrazine groups is 1. The lowest BCUT2D eigenvalue weighted by Crippen LogP contribution is -2.48. The third kappa shape index (κ3) is 4.08. The first-order valence-electron chi connectivity index (χ1n) is 5.57. The molecule has 0 bridgehead atoms. The SMILES string of the molecule is CC1CC(C(=O)NNC(=O)OC(C)(C)C)C1.[HH].[HH]. The first-order chi connectivity index (χ1) is 7.28. The molecule has 5 heteroatoms. The highest BCUT2D eigenvalue weighted by Gasteiger charge is 2.31. The van der Waals surface area contributed by atoms with Crippen molar-refractivity contribution in [3.8, 4) is 0 Å². The van der Waals surface area contributed by atoms with Gasteiger partial charge in [0.25, 0.3) is 0 Å². The number of hydrogen-bond donors (Lipinski definition) is 2. The number of carbonyl (C=O) groups excluding carboxylic acids is 2. The Bertz CT molecular complexity index is 287. The zero-order valence-corrected chi connectivity index (χ0v) is 10.3. The predicted octanol–water partition coefficient (Wildman–Crippen LogP) is 2.08. The van der Waals surface area contributed by atoms with E-state index in [0.29, 0.717) is 5.92 Å². The van der Waals surface area contributed by atoms with Gasteiger partial charge in [-0.25, -0.2) is 10.2 Å². The summed E-state index contributed by atoms with van der Waals surface area (Å²) in [6.45, 7) is 7.40. The third-order valence-electron chi connectivity index (χ3n) is 2.43. The quantitative estimate of drug-likeness (QED) is 0.680. The van der Waals surface area contributed by atoms with E-state index in [1.54, 1.807) is 20.8 Å². The van der Waals surface area contributed by atoms with Crippen molar-refractivity contribution in [2.45, 2.75) is 46.1 Å². The molecule has 0 spiro atoms. The lowest BCUT2D eigenvalue weighted by Gasteiger charge is -2.31. The van der Waals surface area contributed by atoms with Gasteiger partial charge in [-0.05, 0) is 39.5 Å². The van der Waals surface area contributed by atoms with Crippen LogP contribution in [0.4, 0.5) is 4.79 Å². The molecule has 1 saturated carbocycles. The number of rotatable bonds is 1. The summed E-state index contributed by atoms with van der Waals surface area (Å²) in [5, 5.41) is 0. The number of hydrogen-bond acceptors (Lipinski definition) is 3. The molecule has 2 amide bonds. The summed E-state index contributed by atoms with van der Waals surface area (Å²) in [5.74, 6) is 0.506. The number of carbonyl (C=O) groups is 2. The van der Waals surface area contributed by atoms with Crippen LogP contribution >= 0.6 is 0 Å². The maximum absolute atomic E-state index is 11.5. The van der Waals surface area contributed by atoms with Crippen molar-refractivity contribution in [1.82, 2.24) is 10.9 Å². The molecule has 1 rings (SSSR count). The van der Waals surface area contributed by atoms with Crippen molar-refractivity contribution in [3.05, 3.63) is 0 Å². The second kappa shape index (κ2) is 4.72. The Morgan fingerprint density at radius 2 is 1.81 bits per heavy atom. The lowest BCUT2D eigenvalue weighted by atomic mass is 9.76. The first-order valence-corrected chi connectivity index (χ1v) is 5.57. The van der Waals surface area contributed by atoms with E-state index in [1.807, 2.05) is 0 Å². The van der Waals surface area contributed by atoms with E-state index in [1.165, 1.54) is 0 Å². The topological polar surface area (TPSA) is 67.4 Å². The van der Waals surface area contributed by atoms with Crippen molar-refractivity contribution in [3.63, 3.8) is 0 Å². The molecule has 0 heterocycles. The molecule has 96 valence electrons. The molecule has 1 fully saturated rings. The van der Waals surface area contributed by atoms with Gasteiger partial charge in [-0.3, -0.25) is 10.2 Å². The number of amides is 2. The average Bonchev–Trinajstić information content (AvgIpc) is 2.06. The van der Waals surface area contributed by atoms with Gasteiger partial charge in [0.2, 0.25) is 5.91 Å². The molecule has 0 aromatic rings. The Kier molecular flexibility index (Phi) is 3.78. The van der Waals surface area contributed by atoms with E-state index in [4.69, 9.17) is 4.74 Å². The smallest absolute Gasteiger partial charge is 0.426 e. The summed E-state index contributed by atoms with van der Waals surface area (Å²) in [6.07, 6.45) is 1.15. The molecule has 16 heavy (non-hydrogen) atoms. The summed E-state index contributed by atoms with van der Waals surface area (Å²) >= 11 is 0. The van der Waals surface area contributed by atoms with Crippen molar-refractivity contribution in [2.75, 3.05) is 0 Å². The summed E-state index contributed by atoms with van der Waals surface area (Å²) in [5.41, 5.74) is 4.05. The van der Waals surface area contributed by atoms with Gasteiger partial charge in [0.15, 0.2) is 0 Å². The van der Waals surface area contributed by atoms with Crippen LogP contribution in [0.25, 0.3) is 0 Å². The molecular weight excluding hydrogens is 208 g/mol. The zero-order valence-electron chi connectivity index (χ0n) is 10.3. The largest absolute Gasteiger partial charge is 0.443 e. The van der Waals surface area contributed by atoms with E-state index in [0.717, 1.165) is 12.8 Å². The molecule has 0 unspecified atom stereocenters. The van der Waals surface area contributed by atoms with Gasteiger partial charge < -0.3 is 4.74 Å². The van der Waals surface area contributed by atoms with Gasteiger partial charge in [0.1, 0.15) is 5.60 Å². The Hall–Kier alpha value is -1.26. The first kappa shape index (κ1) is 12.8. The van der Waals surface area contributed by atoms with Crippen LogP contribution in [0.2, 0.25) is 0 Å². The summed E-state index contributed by atoms with van der Waals surface area (Å²) < 4.78 is 4.98. The Morgan fingerprint density at radius 1 is 1.25 bits per heavy atom. The fourth-order valence-corrected chi connectivity index (χ4v) is 1.63. The van der Waals surface area contributed by atoms with Gasteiger partial charge >= 0.3 is 6.09 Å². The van der Waals surface area contributed by atoms with Crippen LogP contribution in [0.5, 0.6) is 0 Å². The van der Waals surface area contributed by atoms with Crippen molar-refractivity contribution < 1.29 is 17.2 Å². The zero-order chi connectivity index (χ0) is 12.3. The molecule has 2 N–H and O–H groups in total. The van der Waals surface area contributed by atoms with Crippen LogP contribution in [-0.4, -0.2) is 17.6 Å². The molecule has 0 aromatic heterocycles. The van der Waals surface area contributed by atoms with Crippen LogP contribution in [0.15, 0.2) is 0 Å². The number of nitrogens with one attached hydrogen (secondary N) is 2. The van der Waals surface area contributed by atoms with Crippen LogP contribution in [0, 0.1) is 11.8 Å². The molecule has 0 aliphatic heterocycles. The van der Waals surface area contributed by atoms with E-state index >= 15 is 0 Å². The van der Waals surface area contributed by atoms with Crippen LogP contribution in [0.3, 0.4) is 0 Å². The van der Waals surface area contributed by atoms with E-state index in [2.05, 4.69) is 17.8 Å². The monoisotopic (exact) mass is 232 g/mol. The van der Waals surface area contributed by atoms with Crippen molar-refractivity contribution in [1.29, 1.82) is 0 Å². The highest BCUT2D eigenvalue weighted by molar-refractivity contribution is 5.81. The lowest BCUT2D eigenvalue weighted by molar-refractivity contribution is -0.129. The Labute approximate surface area is 98.9 Å². The fourth-order valence-electron chi connectivity index (χ4n) is 1.63. The summed E-state index contributed by atoms with van der Waals surface area (Å²) in [6, 6.07) is 0. The summed E-state index contributed by atoms with van der Waals surface area (Å²) in [4.78, 5) is 22.7. The molecule has 5 nitrogen and oxygen atoms in total. The molecular formula is C11H24N2O3. The maximum Gasteiger partial charge on any atom is 0.426 e. The van der Waals surface area contributed by atoms with Gasteiger partial charge in [0.05, 0.1) is 0 Å². The van der Waals surface area contributed by atoms with Crippen LogP contribution < -0.4 is 10.9 Å². The van der Waals surface area contributed by atoms with E-state index < -0.39 is 11.7 Å². The van der Waals surface area contributed by atoms with Gasteiger partial charge in [-0.1, -0.05) is 6.92 Å². The van der Waals surface area contributed by atoms with Gasteiger partial charge in [-0.2, -0.15) is 0 Å². The number of ether oxygens (including phenoxy) is 1. The Morgan fingerprint density at radius 3 is 2.25 bits per heavy atom. The maximum atomic E-state index is 11.5. The molecule has 0 saturated heterocycles. The van der Waals surface area contributed by atoms with Gasteiger partial charge in [-0.15, -0.1) is 0 Å². The third-order valence-corrected chi connectivity index (χ3v) is 2.43. The van der Waals surface area contributed by atoms with Crippen LogP contribution in [-0.2, 0) is 9.53 Å². The Balaban J connectivity index is 0. The molecule has 0 aromatic carbocycles. The van der Waals surface area contributed by atoms with Crippen LogP contribution in [0.1, 0.15) is 43.4 Å². The highest BCUT2D eigenvalue weighted by Crippen LogP contribution is 2.32. The highest BCUT2D eigenvalue weighted by atomic mass is 16.6. The van der Waals surface area contributed by atoms with E-state index in [9.17, 15) is 9.59 Å². The minimum Gasteiger partial charge on any atom is -0.443 e. The predicted molar refractivity (Wildman–Crippen MR) is 63.6 cm³/mol. The molecule has 0 radical (unpaired) electrons. The molecule has 1 aliphatic rings. The van der Waals surface area contributed by atoms with Gasteiger partial charge in [0, 0.05) is 8.77 Å². The minimum atomic E-state index is -0.631. The normalized spacial score (nSPS) is 24.2. The standard InChI is InChI=1S/C11H20N2O3.2H2/c1-7-5-8(6-7)9(14)12-13-10(15)16-11(2,3)4;;/h7-8H,5-6H2,1-4H3,(H,12,14)(H,13,15);2*1H. The summed E-state index contributed by atoms with van der Waals surface area (Å²) in [7, 11) is 0. The fraction of sp³-hybridized carbons (Fsp3) is 0.818. The van der Waals surface area contributed by atoms with E-state index in [-0.39, 0.29) is 14.7 Å². The average molecular weight is 232 g/mol.